The molecule has 0 radical (unpaired) electrons. The number of rotatable bonds is 2. The van der Waals surface area contributed by atoms with Crippen molar-refractivity contribution in [2.75, 3.05) is 0 Å². The molecule has 0 saturated carbocycles. The Morgan fingerprint density at radius 3 is 2.38 bits per heavy atom. The second kappa shape index (κ2) is 3.23. The SMILES string of the molecule is NS(=O)(=O)c1cc(F)cc(C=O)c1. The number of hydrogen-bond acceptors (Lipinski definition) is 3. The number of benzene rings is 1. The molecular weight excluding hydrogens is 197 g/mol. The third-order valence-electron chi connectivity index (χ3n) is 1.36. The highest BCUT2D eigenvalue weighted by Gasteiger charge is 2.10. The molecule has 6 heteroatoms. The van der Waals surface area contributed by atoms with Gasteiger partial charge in [0.25, 0.3) is 0 Å². The highest BCUT2D eigenvalue weighted by molar-refractivity contribution is 7.89. The molecule has 1 aromatic rings. The molecule has 0 aliphatic carbocycles. The summed E-state index contributed by atoms with van der Waals surface area (Å²) in [4.78, 5) is 9.83. The summed E-state index contributed by atoms with van der Waals surface area (Å²) in [6, 6.07) is 2.68. The van der Waals surface area contributed by atoms with Crippen molar-refractivity contribution < 1.29 is 17.6 Å². The zero-order chi connectivity index (χ0) is 10.1. The highest BCUT2D eigenvalue weighted by atomic mass is 32.2. The molecule has 2 N–H and O–H groups in total. The number of hydrogen-bond donors (Lipinski definition) is 1. The summed E-state index contributed by atoms with van der Waals surface area (Å²) in [5.41, 5.74) is -0.0657. The van der Waals surface area contributed by atoms with Gasteiger partial charge in [0.05, 0.1) is 4.90 Å². The van der Waals surface area contributed by atoms with E-state index in [1.165, 1.54) is 0 Å². The number of halogens is 1. The first-order chi connectivity index (χ1) is 5.93. The van der Waals surface area contributed by atoms with Crippen LogP contribution < -0.4 is 5.14 Å². The Balaban J connectivity index is 3.41. The first kappa shape index (κ1) is 9.82. The van der Waals surface area contributed by atoms with Gasteiger partial charge in [0.2, 0.25) is 10.0 Å². The fourth-order valence-electron chi connectivity index (χ4n) is 0.817. The lowest BCUT2D eigenvalue weighted by Gasteiger charge is -1.98. The minimum atomic E-state index is -3.96. The van der Waals surface area contributed by atoms with Crippen LogP contribution in [0.2, 0.25) is 0 Å². The Labute approximate surface area is 74.2 Å². The van der Waals surface area contributed by atoms with Crippen LogP contribution in [-0.4, -0.2) is 14.7 Å². The molecule has 70 valence electrons. The lowest BCUT2D eigenvalue weighted by Crippen LogP contribution is -2.12. The Morgan fingerprint density at radius 2 is 1.92 bits per heavy atom. The third kappa shape index (κ3) is 2.33. The van der Waals surface area contributed by atoms with E-state index in [0.29, 0.717) is 6.29 Å². The first-order valence-electron chi connectivity index (χ1n) is 3.22. The Hall–Kier alpha value is -1.27. The topological polar surface area (TPSA) is 77.2 Å². The molecule has 1 rings (SSSR count). The van der Waals surface area contributed by atoms with E-state index in [1.54, 1.807) is 0 Å². The van der Waals surface area contributed by atoms with Crippen molar-refractivity contribution in [1.29, 1.82) is 0 Å². The van der Waals surface area contributed by atoms with Crippen LogP contribution in [0.1, 0.15) is 10.4 Å². The van der Waals surface area contributed by atoms with Crippen LogP contribution in [0.15, 0.2) is 23.1 Å². The van der Waals surface area contributed by atoms with Gasteiger partial charge in [0.1, 0.15) is 12.1 Å². The summed E-state index contributed by atoms with van der Waals surface area (Å²) in [5, 5.41) is 4.74. The van der Waals surface area contributed by atoms with E-state index in [2.05, 4.69) is 0 Å². The van der Waals surface area contributed by atoms with Crippen molar-refractivity contribution >= 4 is 16.3 Å². The number of sulfonamides is 1. The van der Waals surface area contributed by atoms with E-state index < -0.39 is 20.7 Å². The van der Waals surface area contributed by atoms with Crippen molar-refractivity contribution in [3.05, 3.63) is 29.6 Å². The zero-order valence-electron chi connectivity index (χ0n) is 6.40. The Morgan fingerprint density at radius 1 is 1.31 bits per heavy atom. The largest absolute Gasteiger partial charge is 0.298 e. The molecule has 0 atom stereocenters. The molecule has 13 heavy (non-hydrogen) atoms. The summed E-state index contributed by atoms with van der Waals surface area (Å²) in [6.07, 6.45) is 0.345. The van der Waals surface area contributed by atoms with Gasteiger partial charge in [-0.15, -0.1) is 0 Å². The summed E-state index contributed by atoms with van der Waals surface area (Å²) in [5.74, 6) is -0.811. The predicted molar refractivity (Wildman–Crippen MR) is 43.2 cm³/mol. The standard InChI is InChI=1S/C7H6FNO3S/c8-6-1-5(4-10)2-7(3-6)13(9,11)12/h1-4H,(H2,9,11,12). The lowest BCUT2D eigenvalue weighted by molar-refractivity contribution is 0.112. The Bertz CT molecular complexity index is 441. The average molecular weight is 203 g/mol. The zero-order valence-corrected chi connectivity index (χ0v) is 7.21. The molecule has 0 bridgehead atoms. The second-order valence-corrected chi connectivity index (χ2v) is 3.94. The maximum atomic E-state index is 12.7. The van der Waals surface area contributed by atoms with Crippen LogP contribution in [0.3, 0.4) is 0 Å². The molecule has 0 fully saturated rings. The molecule has 0 aliphatic heterocycles. The Kier molecular flexibility index (Phi) is 2.44. The smallest absolute Gasteiger partial charge is 0.238 e. The molecule has 1 aromatic carbocycles. The van der Waals surface area contributed by atoms with Crippen LogP contribution in [0.5, 0.6) is 0 Å². The van der Waals surface area contributed by atoms with Gasteiger partial charge in [-0.2, -0.15) is 0 Å². The van der Waals surface area contributed by atoms with Gasteiger partial charge in [-0.05, 0) is 18.2 Å². The number of primary sulfonamides is 1. The number of aldehydes is 1. The quantitative estimate of drug-likeness (QED) is 0.701. The van der Waals surface area contributed by atoms with Crippen LogP contribution in [0, 0.1) is 5.82 Å². The molecule has 0 saturated heterocycles. The van der Waals surface area contributed by atoms with E-state index >= 15 is 0 Å². The number of carbonyl (C=O) groups is 1. The molecule has 0 heterocycles. The summed E-state index contributed by atoms with van der Waals surface area (Å²) in [7, 11) is -3.96. The molecule has 0 amide bonds. The second-order valence-electron chi connectivity index (χ2n) is 2.38. The van der Waals surface area contributed by atoms with Crippen molar-refractivity contribution in [2.24, 2.45) is 5.14 Å². The van der Waals surface area contributed by atoms with Gasteiger partial charge in [-0.3, -0.25) is 4.79 Å². The normalized spacial score (nSPS) is 11.2. The maximum Gasteiger partial charge on any atom is 0.238 e. The van der Waals surface area contributed by atoms with Crippen LogP contribution in [0.4, 0.5) is 4.39 Å². The molecule has 0 aromatic heterocycles. The van der Waals surface area contributed by atoms with Gasteiger partial charge in [0, 0.05) is 5.56 Å². The number of nitrogens with two attached hydrogens (primary N) is 1. The predicted octanol–water partition coefficient (Wildman–Crippen LogP) is 0.286. The van der Waals surface area contributed by atoms with Gasteiger partial charge >= 0.3 is 0 Å². The lowest BCUT2D eigenvalue weighted by atomic mass is 10.2. The molecule has 0 unspecified atom stereocenters. The molecule has 0 spiro atoms. The van der Waals surface area contributed by atoms with E-state index in [9.17, 15) is 17.6 Å². The van der Waals surface area contributed by atoms with Crippen molar-refractivity contribution in [1.82, 2.24) is 0 Å². The summed E-state index contributed by atoms with van der Waals surface area (Å²) in [6.45, 7) is 0. The first-order valence-corrected chi connectivity index (χ1v) is 4.76. The minimum absolute atomic E-state index is 0.0657. The molecular formula is C7H6FNO3S. The fourth-order valence-corrected chi connectivity index (χ4v) is 1.39. The number of carbonyl (C=O) groups excluding carboxylic acids is 1. The minimum Gasteiger partial charge on any atom is -0.298 e. The van der Waals surface area contributed by atoms with Crippen LogP contribution in [-0.2, 0) is 10.0 Å². The van der Waals surface area contributed by atoms with E-state index in [0.717, 1.165) is 18.2 Å². The van der Waals surface area contributed by atoms with Crippen LogP contribution >= 0.6 is 0 Å². The van der Waals surface area contributed by atoms with Crippen molar-refractivity contribution in [3.8, 4) is 0 Å². The van der Waals surface area contributed by atoms with E-state index in [4.69, 9.17) is 5.14 Å². The fraction of sp³-hybridized carbons (Fsp3) is 0. The van der Waals surface area contributed by atoms with Gasteiger partial charge < -0.3 is 0 Å². The van der Waals surface area contributed by atoms with Gasteiger partial charge in [-0.25, -0.2) is 17.9 Å². The monoisotopic (exact) mass is 203 g/mol. The highest BCUT2D eigenvalue weighted by Crippen LogP contribution is 2.11. The van der Waals surface area contributed by atoms with E-state index in [1.807, 2.05) is 0 Å². The van der Waals surface area contributed by atoms with Crippen molar-refractivity contribution in [2.45, 2.75) is 4.90 Å². The molecule has 4 nitrogen and oxygen atoms in total. The third-order valence-corrected chi connectivity index (χ3v) is 2.25. The summed E-state index contributed by atoms with van der Waals surface area (Å²) >= 11 is 0. The molecule has 0 aliphatic rings. The van der Waals surface area contributed by atoms with Crippen molar-refractivity contribution in [3.63, 3.8) is 0 Å². The maximum absolute atomic E-state index is 12.7. The van der Waals surface area contributed by atoms with E-state index in [-0.39, 0.29) is 5.56 Å². The van der Waals surface area contributed by atoms with Gasteiger partial charge in [-0.1, -0.05) is 0 Å². The summed E-state index contributed by atoms with van der Waals surface area (Å²) < 4.78 is 34.2. The van der Waals surface area contributed by atoms with Gasteiger partial charge in [0.15, 0.2) is 0 Å². The van der Waals surface area contributed by atoms with Crippen LogP contribution in [0.25, 0.3) is 0 Å². The average Bonchev–Trinajstić information content (AvgIpc) is 2.01.